The average molecular weight is 116 g/mol. The molecule has 0 unspecified atom stereocenters. The summed E-state index contributed by atoms with van der Waals surface area (Å²) in [5, 5.41) is 0. The Morgan fingerprint density at radius 1 is 1.57 bits per heavy atom. The van der Waals surface area contributed by atoms with E-state index in [1.807, 2.05) is 6.92 Å². The van der Waals surface area contributed by atoms with Crippen LogP contribution in [0.25, 0.3) is 0 Å². The van der Waals surface area contributed by atoms with E-state index >= 15 is 0 Å². The number of rotatable bonds is 3. The van der Waals surface area contributed by atoms with Crippen LogP contribution in [-0.4, -0.2) is 16.4 Å². The van der Waals surface area contributed by atoms with Crippen LogP contribution in [0, 0.1) is 0 Å². The number of hydrogen-bond donors (Lipinski definition) is 0. The minimum absolute atomic E-state index is 0.689. The van der Waals surface area contributed by atoms with Crippen LogP contribution in [0.3, 0.4) is 0 Å². The van der Waals surface area contributed by atoms with Gasteiger partial charge in [0.1, 0.15) is 0 Å². The van der Waals surface area contributed by atoms with Crippen molar-refractivity contribution in [3.05, 3.63) is 0 Å². The van der Waals surface area contributed by atoms with E-state index < -0.39 is 0 Å². The summed E-state index contributed by atoms with van der Waals surface area (Å²) in [6.07, 6.45) is 0. The molecule has 0 aromatic carbocycles. The molecule has 2 radical (unpaired) electrons. The van der Waals surface area contributed by atoms with E-state index in [1.54, 1.807) is 0 Å². The summed E-state index contributed by atoms with van der Waals surface area (Å²) in [5.74, 6) is 0. The smallest absolute Gasteiger partial charge is 0.232 e. The van der Waals surface area contributed by atoms with Crippen molar-refractivity contribution < 1.29 is 4.43 Å². The lowest BCUT2D eigenvalue weighted by molar-refractivity contribution is 0.355. The molecule has 0 rings (SSSR count). The molecule has 0 amide bonds. The zero-order valence-electron chi connectivity index (χ0n) is 5.19. The Morgan fingerprint density at radius 2 is 2.14 bits per heavy atom. The normalized spacial score (nSPS) is 10.3. The zero-order valence-corrected chi connectivity index (χ0v) is 6.19. The van der Waals surface area contributed by atoms with Crippen LogP contribution in [0.4, 0.5) is 0 Å². The predicted octanol–water partition coefficient (Wildman–Crippen LogP) is 1.47. The molecule has 2 heteroatoms. The molecule has 0 bridgehead atoms. The first-order chi connectivity index (χ1) is 3.27. The summed E-state index contributed by atoms with van der Waals surface area (Å²) < 4.78 is 5.12. The van der Waals surface area contributed by atoms with Crippen molar-refractivity contribution in [3.63, 3.8) is 0 Å². The highest BCUT2D eigenvalue weighted by atomic mass is 28.2. The quantitative estimate of drug-likeness (QED) is 0.507. The summed E-state index contributed by atoms with van der Waals surface area (Å²) >= 11 is 0. The monoisotopic (exact) mass is 116 g/mol. The van der Waals surface area contributed by atoms with Crippen molar-refractivity contribution in [2.45, 2.75) is 26.3 Å². The average Bonchev–Trinajstić information content (AvgIpc) is 1.61. The maximum Gasteiger partial charge on any atom is 0.232 e. The lowest BCUT2D eigenvalue weighted by atomic mass is 10.6. The molecule has 42 valence electrons. The topological polar surface area (TPSA) is 9.23 Å². The highest BCUT2D eigenvalue weighted by molar-refractivity contribution is 6.29. The Kier molecular flexibility index (Phi) is 4.45. The first-order valence-electron chi connectivity index (χ1n) is 2.64. The van der Waals surface area contributed by atoms with E-state index in [-0.39, 0.29) is 0 Å². The summed E-state index contributed by atoms with van der Waals surface area (Å²) in [5.41, 5.74) is 0.708. The van der Waals surface area contributed by atoms with Crippen LogP contribution in [-0.2, 0) is 4.43 Å². The first-order valence-corrected chi connectivity index (χ1v) is 3.63. The van der Waals surface area contributed by atoms with Crippen LogP contribution in [0.1, 0.15) is 20.8 Å². The van der Waals surface area contributed by atoms with Crippen molar-refractivity contribution in [2.75, 3.05) is 6.61 Å². The second-order valence-electron chi connectivity index (χ2n) is 1.71. The molecule has 1 nitrogen and oxygen atoms in total. The third-order valence-electron chi connectivity index (χ3n) is 0.463. The minimum Gasteiger partial charge on any atom is -0.417 e. The van der Waals surface area contributed by atoms with E-state index in [2.05, 4.69) is 13.8 Å². The molecule has 0 spiro atoms. The van der Waals surface area contributed by atoms with Crippen LogP contribution < -0.4 is 0 Å². The fourth-order valence-electron chi connectivity index (χ4n) is 0.250. The second kappa shape index (κ2) is 4.34. The van der Waals surface area contributed by atoms with Crippen LogP contribution >= 0.6 is 0 Å². The summed E-state index contributed by atoms with van der Waals surface area (Å²) in [7, 11) is 0.689. The van der Waals surface area contributed by atoms with Gasteiger partial charge in [0, 0.05) is 6.61 Å². The largest absolute Gasteiger partial charge is 0.417 e. The van der Waals surface area contributed by atoms with Crippen LogP contribution in [0.15, 0.2) is 0 Å². The SMILES string of the molecule is CCO[Si]C(C)C. The third-order valence-corrected chi connectivity index (χ3v) is 1.39. The van der Waals surface area contributed by atoms with E-state index in [4.69, 9.17) is 4.43 Å². The van der Waals surface area contributed by atoms with E-state index in [9.17, 15) is 0 Å². The third kappa shape index (κ3) is 6.18. The Labute approximate surface area is 48.0 Å². The predicted molar refractivity (Wildman–Crippen MR) is 32.5 cm³/mol. The lowest BCUT2D eigenvalue weighted by Crippen LogP contribution is -2.00. The van der Waals surface area contributed by atoms with Gasteiger partial charge >= 0.3 is 0 Å². The van der Waals surface area contributed by atoms with Gasteiger partial charge in [-0.05, 0) is 12.5 Å². The molecule has 0 fully saturated rings. The Morgan fingerprint density at radius 3 is 2.29 bits per heavy atom. The van der Waals surface area contributed by atoms with Gasteiger partial charge < -0.3 is 4.43 Å². The molecule has 0 heterocycles. The van der Waals surface area contributed by atoms with Crippen molar-refractivity contribution in [3.8, 4) is 0 Å². The molecule has 0 atom stereocenters. The highest BCUT2D eigenvalue weighted by Crippen LogP contribution is 1.95. The Hall–Kier alpha value is 0.177. The molecule has 7 heavy (non-hydrogen) atoms. The van der Waals surface area contributed by atoms with Gasteiger partial charge in [0.05, 0.1) is 0 Å². The van der Waals surface area contributed by atoms with Crippen molar-refractivity contribution >= 4 is 9.76 Å². The van der Waals surface area contributed by atoms with Crippen molar-refractivity contribution in [1.29, 1.82) is 0 Å². The molecule has 0 aromatic heterocycles. The number of hydrogen-bond acceptors (Lipinski definition) is 1. The molecule has 0 saturated carbocycles. The zero-order chi connectivity index (χ0) is 5.70. The van der Waals surface area contributed by atoms with Gasteiger partial charge in [-0.1, -0.05) is 13.8 Å². The summed E-state index contributed by atoms with van der Waals surface area (Å²) in [6, 6.07) is 0. The fourth-order valence-corrected chi connectivity index (χ4v) is 0.750. The molecule has 0 aromatic rings. The van der Waals surface area contributed by atoms with Crippen LogP contribution in [0.2, 0.25) is 5.54 Å². The van der Waals surface area contributed by atoms with Gasteiger partial charge in [-0.3, -0.25) is 0 Å². The molecule has 0 aliphatic rings. The molecular formula is C5H12OSi. The van der Waals surface area contributed by atoms with Gasteiger partial charge in [0.2, 0.25) is 9.76 Å². The molecule has 0 aliphatic heterocycles. The van der Waals surface area contributed by atoms with Gasteiger partial charge in [0.25, 0.3) is 0 Å². The summed E-state index contributed by atoms with van der Waals surface area (Å²) in [4.78, 5) is 0. The van der Waals surface area contributed by atoms with Gasteiger partial charge in [-0.25, -0.2) is 0 Å². The lowest BCUT2D eigenvalue weighted by Gasteiger charge is -1.98. The fraction of sp³-hybridized carbons (Fsp3) is 1.00. The van der Waals surface area contributed by atoms with Gasteiger partial charge in [-0.15, -0.1) is 0 Å². The first kappa shape index (κ1) is 7.18. The Balaban J connectivity index is 2.68. The van der Waals surface area contributed by atoms with Gasteiger partial charge in [-0.2, -0.15) is 0 Å². The van der Waals surface area contributed by atoms with E-state index in [0.717, 1.165) is 6.61 Å². The molecular weight excluding hydrogens is 104 g/mol. The molecule has 0 saturated heterocycles. The maximum absolute atomic E-state index is 5.12. The Bertz CT molecular complexity index is 37.1. The highest BCUT2D eigenvalue weighted by Gasteiger charge is 1.92. The second-order valence-corrected chi connectivity index (χ2v) is 3.38. The summed E-state index contributed by atoms with van der Waals surface area (Å²) in [6.45, 7) is 7.20. The van der Waals surface area contributed by atoms with Crippen LogP contribution in [0.5, 0.6) is 0 Å². The van der Waals surface area contributed by atoms with Gasteiger partial charge in [0.15, 0.2) is 0 Å². The standard InChI is InChI=1S/C5H12OSi/c1-4-6-7-5(2)3/h5H,4H2,1-3H3. The molecule has 0 N–H and O–H groups in total. The van der Waals surface area contributed by atoms with E-state index in [1.165, 1.54) is 0 Å². The maximum atomic E-state index is 5.12. The van der Waals surface area contributed by atoms with E-state index in [0.29, 0.717) is 15.3 Å². The van der Waals surface area contributed by atoms with Crippen molar-refractivity contribution in [1.82, 2.24) is 0 Å². The molecule has 0 aliphatic carbocycles. The van der Waals surface area contributed by atoms with Crippen molar-refractivity contribution in [2.24, 2.45) is 0 Å². The minimum atomic E-state index is 0.689.